The van der Waals surface area contributed by atoms with Gasteiger partial charge in [0, 0.05) is 38.1 Å². The van der Waals surface area contributed by atoms with Crippen molar-refractivity contribution in [1.82, 2.24) is 13.8 Å². The summed E-state index contributed by atoms with van der Waals surface area (Å²) in [5, 5.41) is 0. The predicted molar refractivity (Wildman–Crippen MR) is 180 cm³/mol. The van der Waals surface area contributed by atoms with Crippen LogP contribution in [0.1, 0.15) is 60.3 Å². The van der Waals surface area contributed by atoms with Gasteiger partial charge in [0.15, 0.2) is 0 Å². The van der Waals surface area contributed by atoms with E-state index in [1.165, 1.54) is 9.87 Å². The van der Waals surface area contributed by atoms with E-state index in [9.17, 15) is 13.2 Å². The van der Waals surface area contributed by atoms with E-state index in [0.29, 0.717) is 30.0 Å². The van der Waals surface area contributed by atoms with Crippen LogP contribution in [-0.4, -0.2) is 61.5 Å². The Hall–Kier alpha value is -3.92. The number of benzene rings is 3. The van der Waals surface area contributed by atoms with E-state index in [-0.39, 0.29) is 48.6 Å². The lowest BCUT2D eigenvalue weighted by molar-refractivity contribution is -0.139. The number of methoxy groups -OCH3 is 1. The number of aryl methyl sites for hydroxylation is 2. The molecule has 244 valence electrons. The third-order valence-electron chi connectivity index (χ3n) is 8.63. The first kappa shape index (κ1) is 33.4. The number of rotatable bonds is 11. The number of sulfonamides is 1. The maximum atomic E-state index is 14.1. The smallest absolute Gasteiger partial charge is 0.249 e. The molecule has 0 fully saturated rings. The highest BCUT2D eigenvalue weighted by Gasteiger charge is 2.33. The van der Waals surface area contributed by atoms with Crippen LogP contribution in [0.2, 0.25) is 0 Å². The molecule has 5 rings (SSSR count). The fourth-order valence-corrected chi connectivity index (χ4v) is 8.04. The number of hydrogen-bond acceptors (Lipinski definition) is 5. The SMILES string of the molecule is COc1cc(C)c(S(=O)(=O)N(CCOCC(=O)N2CCn3cccc3C2c2ccc(C(C)(C)C)cc2)Cc2ccccc2)c(C)c1. The monoisotopic (exact) mass is 643 g/mol. The first-order valence-corrected chi connectivity index (χ1v) is 17.2. The van der Waals surface area contributed by atoms with E-state index >= 15 is 0 Å². The summed E-state index contributed by atoms with van der Waals surface area (Å²) in [5.41, 5.74) is 5.47. The standard InChI is InChI=1S/C37H45N3O5S/c1-27-23-32(44-6)24-28(2)36(27)46(42,43)39(25-29-11-8-7-9-12-29)21-22-45-26-34(41)40-20-19-38-18-10-13-33(38)35(40)30-14-16-31(17-15-30)37(3,4)5/h7-18,23-24,35H,19-22,25-26H2,1-6H3. The van der Waals surface area contributed by atoms with Gasteiger partial charge in [0.2, 0.25) is 15.9 Å². The van der Waals surface area contributed by atoms with E-state index < -0.39 is 10.0 Å². The van der Waals surface area contributed by atoms with Gasteiger partial charge >= 0.3 is 0 Å². The molecule has 1 amide bonds. The molecule has 9 heteroatoms. The van der Waals surface area contributed by atoms with Crippen LogP contribution in [0.15, 0.2) is 90.0 Å². The zero-order valence-corrected chi connectivity index (χ0v) is 28.5. The second kappa shape index (κ2) is 13.8. The Labute approximate surface area is 273 Å². The van der Waals surface area contributed by atoms with Crippen molar-refractivity contribution >= 4 is 15.9 Å². The Morgan fingerprint density at radius 1 is 0.935 bits per heavy atom. The van der Waals surface area contributed by atoms with E-state index in [1.807, 2.05) is 41.3 Å². The minimum absolute atomic E-state index is 0.0291. The third-order valence-corrected chi connectivity index (χ3v) is 10.8. The van der Waals surface area contributed by atoms with Gasteiger partial charge < -0.3 is 18.9 Å². The maximum absolute atomic E-state index is 14.1. The molecule has 1 atom stereocenters. The van der Waals surface area contributed by atoms with Gasteiger partial charge in [0.25, 0.3) is 0 Å². The average molecular weight is 644 g/mol. The molecule has 1 aliphatic heterocycles. The van der Waals surface area contributed by atoms with Crippen LogP contribution >= 0.6 is 0 Å². The molecule has 1 aromatic heterocycles. The number of carbonyl (C=O) groups is 1. The van der Waals surface area contributed by atoms with Gasteiger partial charge in [0.1, 0.15) is 12.4 Å². The molecule has 0 saturated carbocycles. The van der Waals surface area contributed by atoms with Gasteiger partial charge in [-0.25, -0.2) is 8.42 Å². The maximum Gasteiger partial charge on any atom is 0.249 e. The normalized spacial score (nSPS) is 15.2. The minimum Gasteiger partial charge on any atom is -0.497 e. The molecule has 0 radical (unpaired) electrons. The van der Waals surface area contributed by atoms with E-state index in [2.05, 4.69) is 61.9 Å². The summed E-state index contributed by atoms with van der Waals surface area (Å²) in [7, 11) is -2.33. The topological polar surface area (TPSA) is 81.1 Å². The molecule has 0 spiro atoms. The molecule has 1 unspecified atom stereocenters. The summed E-state index contributed by atoms with van der Waals surface area (Å²) in [5.74, 6) is 0.482. The van der Waals surface area contributed by atoms with Crippen LogP contribution < -0.4 is 4.74 Å². The van der Waals surface area contributed by atoms with Crippen LogP contribution in [-0.2, 0) is 38.1 Å². The van der Waals surface area contributed by atoms with Gasteiger partial charge in [-0.3, -0.25) is 4.79 Å². The van der Waals surface area contributed by atoms with Gasteiger partial charge in [-0.2, -0.15) is 4.31 Å². The molecule has 0 aliphatic carbocycles. The lowest BCUT2D eigenvalue weighted by Crippen LogP contribution is -2.44. The average Bonchev–Trinajstić information content (AvgIpc) is 3.50. The van der Waals surface area contributed by atoms with Gasteiger partial charge in [0.05, 0.1) is 24.7 Å². The van der Waals surface area contributed by atoms with Crippen LogP contribution in [0.3, 0.4) is 0 Å². The molecule has 8 nitrogen and oxygen atoms in total. The molecule has 0 saturated heterocycles. The van der Waals surface area contributed by atoms with Crippen LogP contribution in [0, 0.1) is 13.8 Å². The number of fused-ring (bicyclic) bond motifs is 1. The first-order valence-electron chi connectivity index (χ1n) is 15.7. The van der Waals surface area contributed by atoms with Gasteiger partial charge in [-0.05, 0) is 71.3 Å². The molecular formula is C37H45N3O5S. The van der Waals surface area contributed by atoms with Crippen LogP contribution in [0.4, 0.5) is 0 Å². The van der Waals surface area contributed by atoms with Crippen molar-refractivity contribution in [3.05, 3.63) is 119 Å². The number of nitrogens with zero attached hydrogens (tertiary/aromatic N) is 3. The van der Waals surface area contributed by atoms with Crippen molar-refractivity contribution < 1.29 is 22.7 Å². The van der Waals surface area contributed by atoms with Crippen molar-refractivity contribution in [2.24, 2.45) is 0 Å². The highest BCUT2D eigenvalue weighted by atomic mass is 32.2. The first-order chi connectivity index (χ1) is 21.9. The molecule has 46 heavy (non-hydrogen) atoms. The zero-order chi connectivity index (χ0) is 33.1. The molecular weight excluding hydrogens is 598 g/mol. The molecule has 3 aromatic carbocycles. The molecule has 2 heterocycles. The Bertz CT molecular complexity index is 1740. The second-order valence-electron chi connectivity index (χ2n) is 13.0. The summed E-state index contributed by atoms with van der Waals surface area (Å²) in [4.78, 5) is 15.8. The summed E-state index contributed by atoms with van der Waals surface area (Å²) >= 11 is 0. The summed E-state index contributed by atoms with van der Waals surface area (Å²) in [6, 6.07) is 25.3. The number of amides is 1. The minimum atomic E-state index is -3.89. The summed E-state index contributed by atoms with van der Waals surface area (Å²) in [6.07, 6.45) is 2.05. The summed E-state index contributed by atoms with van der Waals surface area (Å²) in [6.45, 7) is 11.6. The number of ether oxygens (including phenoxy) is 2. The Balaban J connectivity index is 1.31. The molecule has 1 aliphatic rings. The fraction of sp³-hybridized carbons (Fsp3) is 0.378. The van der Waals surface area contributed by atoms with E-state index in [0.717, 1.165) is 16.8 Å². The second-order valence-corrected chi connectivity index (χ2v) is 14.8. The Morgan fingerprint density at radius 2 is 1.61 bits per heavy atom. The predicted octanol–water partition coefficient (Wildman–Crippen LogP) is 6.25. The number of carbonyl (C=O) groups excluding carboxylic acids is 1. The van der Waals surface area contributed by atoms with Gasteiger partial charge in [-0.15, -0.1) is 0 Å². The van der Waals surface area contributed by atoms with Crippen molar-refractivity contribution in [3.63, 3.8) is 0 Å². The quantitative estimate of drug-likeness (QED) is 0.181. The lowest BCUT2D eigenvalue weighted by atomic mass is 9.86. The Morgan fingerprint density at radius 3 is 2.24 bits per heavy atom. The van der Waals surface area contributed by atoms with Crippen molar-refractivity contribution in [3.8, 4) is 5.75 Å². The number of hydrogen-bond donors (Lipinski definition) is 0. The van der Waals surface area contributed by atoms with E-state index in [4.69, 9.17) is 9.47 Å². The molecule has 0 N–H and O–H groups in total. The van der Waals surface area contributed by atoms with E-state index in [1.54, 1.807) is 33.1 Å². The lowest BCUT2D eigenvalue weighted by Gasteiger charge is -2.37. The zero-order valence-electron chi connectivity index (χ0n) is 27.7. The van der Waals surface area contributed by atoms with Crippen molar-refractivity contribution in [2.75, 3.05) is 33.4 Å². The highest BCUT2D eigenvalue weighted by Crippen LogP contribution is 2.34. The molecule has 0 bridgehead atoms. The van der Waals surface area contributed by atoms with Crippen LogP contribution in [0.5, 0.6) is 5.75 Å². The third kappa shape index (κ3) is 7.22. The fourth-order valence-electron chi connectivity index (χ4n) is 6.21. The van der Waals surface area contributed by atoms with Crippen LogP contribution in [0.25, 0.3) is 0 Å². The van der Waals surface area contributed by atoms with Gasteiger partial charge in [-0.1, -0.05) is 75.4 Å². The summed E-state index contributed by atoms with van der Waals surface area (Å²) < 4.78 is 43.1. The van der Waals surface area contributed by atoms with Crippen molar-refractivity contribution in [1.29, 1.82) is 0 Å². The van der Waals surface area contributed by atoms with Crippen molar-refractivity contribution in [2.45, 2.75) is 64.1 Å². The highest BCUT2D eigenvalue weighted by molar-refractivity contribution is 7.89. The molecule has 4 aromatic rings. The number of aromatic nitrogens is 1. The Kier molecular flexibility index (Phi) is 10.1. The largest absolute Gasteiger partial charge is 0.497 e.